The van der Waals surface area contributed by atoms with Crippen LogP contribution in [-0.2, 0) is 5.41 Å². The molecule has 51 heavy (non-hydrogen) atoms. The van der Waals surface area contributed by atoms with Gasteiger partial charge in [-0.2, -0.15) is 5.26 Å². The second-order valence-corrected chi connectivity index (χ2v) is 13.6. The second-order valence-electron chi connectivity index (χ2n) is 13.6. The quantitative estimate of drug-likeness (QED) is 0.141. The predicted molar refractivity (Wildman–Crippen MR) is 207 cm³/mol. The van der Waals surface area contributed by atoms with Gasteiger partial charge in [-0.1, -0.05) is 105 Å². The zero-order chi connectivity index (χ0) is 34.7. The van der Waals surface area contributed by atoms with Crippen LogP contribution >= 0.6 is 0 Å². The van der Waals surface area contributed by atoms with Gasteiger partial charge in [0.15, 0.2) is 0 Å². The molecule has 6 aromatic carbocycles. The first kappa shape index (κ1) is 30.2. The molecule has 8 aromatic rings. The largest absolute Gasteiger partial charge is 0.361 e. The van der Waals surface area contributed by atoms with Gasteiger partial charge in [0.05, 0.1) is 0 Å². The minimum Gasteiger partial charge on any atom is -0.361 e. The van der Waals surface area contributed by atoms with Crippen molar-refractivity contribution in [1.82, 2.24) is 9.97 Å². The Labute approximate surface area is 296 Å². The molecule has 1 aliphatic rings. The molecule has 0 fully saturated rings. The molecule has 0 aliphatic heterocycles. The van der Waals surface area contributed by atoms with E-state index in [0.717, 1.165) is 33.4 Å². The highest BCUT2D eigenvalue weighted by atomic mass is 14.8. The van der Waals surface area contributed by atoms with E-state index in [0.29, 0.717) is 11.5 Å². The summed E-state index contributed by atoms with van der Waals surface area (Å²) in [6.07, 6.45) is 3.41. The van der Waals surface area contributed by atoms with Crippen LogP contribution < -0.4 is 0 Å². The van der Waals surface area contributed by atoms with Crippen molar-refractivity contribution >= 4 is 27.4 Å². The maximum absolute atomic E-state index is 9.56. The highest BCUT2D eigenvalue weighted by Gasteiger charge is 2.36. The van der Waals surface area contributed by atoms with Gasteiger partial charge in [-0.15, -0.1) is 4.98 Å². The maximum atomic E-state index is 9.56. The highest BCUT2D eigenvalue weighted by Crippen LogP contribution is 2.53. The molecule has 4 heteroatoms. The van der Waals surface area contributed by atoms with E-state index in [-0.39, 0.29) is 5.41 Å². The Hall–Kier alpha value is -6.88. The number of rotatable bonds is 4. The van der Waals surface area contributed by atoms with Crippen molar-refractivity contribution in [2.24, 2.45) is 0 Å². The van der Waals surface area contributed by atoms with Gasteiger partial charge < -0.3 is 4.85 Å². The average molecular weight is 651 g/mol. The van der Waals surface area contributed by atoms with Crippen molar-refractivity contribution in [1.29, 1.82) is 5.26 Å². The lowest BCUT2D eigenvalue weighted by atomic mass is 9.79. The van der Waals surface area contributed by atoms with Crippen LogP contribution in [0.1, 0.15) is 30.7 Å². The number of fused-ring (bicyclic) bond motifs is 5. The molecule has 0 atom stereocenters. The Morgan fingerprint density at radius 2 is 1.10 bits per heavy atom. The van der Waals surface area contributed by atoms with Crippen LogP contribution in [0, 0.1) is 17.9 Å². The monoisotopic (exact) mass is 650 g/mol. The summed E-state index contributed by atoms with van der Waals surface area (Å²) in [6.45, 7) is 12.2. The number of hydrogen-bond donors (Lipinski definition) is 0. The smallest absolute Gasteiger partial charge is 0.270 e. The van der Waals surface area contributed by atoms with Crippen LogP contribution in [0.5, 0.6) is 0 Å². The number of aromatic nitrogens is 2. The molecule has 0 saturated carbocycles. The summed E-state index contributed by atoms with van der Waals surface area (Å²) in [5.74, 6) is 0.382. The van der Waals surface area contributed by atoms with Crippen molar-refractivity contribution in [2.45, 2.75) is 19.3 Å². The lowest BCUT2D eigenvalue weighted by Gasteiger charge is -2.24. The lowest BCUT2D eigenvalue weighted by molar-refractivity contribution is 0.661. The molecule has 0 unspecified atom stereocenters. The lowest BCUT2D eigenvalue weighted by Crippen LogP contribution is -2.14. The van der Waals surface area contributed by atoms with Crippen molar-refractivity contribution in [3.05, 3.63) is 174 Å². The molecule has 0 bridgehead atoms. The summed E-state index contributed by atoms with van der Waals surface area (Å²) in [4.78, 5) is 12.0. The van der Waals surface area contributed by atoms with E-state index >= 15 is 0 Å². The number of nitriles is 1. The van der Waals surface area contributed by atoms with Crippen molar-refractivity contribution < 1.29 is 0 Å². The van der Waals surface area contributed by atoms with Gasteiger partial charge in [0.25, 0.3) is 5.82 Å². The minimum atomic E-state index is -0.169. The molecule has 2 aromatic heterocycles. The normalized spacial score (nSPS) is 12.6. The minimum absolute atomic E-state index is 0.169. The Bertz CT molecular complexity index is 2810. The summed E-state index contributed by atoms with van der Waals surface area (Å²) >= 11 is 0. The summed E-state index contributed by atoms with van der Waals surface area (Å²) in [7, 11) is 0. The van der Waals surface area contributed by atoms with Crippen LogP contribution in [0.25, 0.3) is 82.0 Å². The Morgan fingerprint density at radius 1 is 0.529 bits per heavy atom. The van der Waals surface area contributed by atoms with E-state index in [4.69, 9.17) is 6.57 Å². The summed E-state index contributed by atoms with van der Waals surface area (Å²) in [5.41, 5.74) is 14.0. The molecular formula is C47H30N4. The first-order chi connectivity index (χ1) is 24.9. The first-order valence-corrected chi connectivity index (χ1v) is 17.0. The fourth-order valence-corrected chi connectivity index (χ4v) is 8.03. The van der Waals surface area contributed by atoms with Gasteiger partial charge in [0.2, 0.25) is 0 Å². The number of benzene rings is 6. The molecule has 0 amide bonds. The van der Waals surface area contributed by atoms with Crippen LogP contribution in [-0.4, -0.2) is 9.97 Å². The predicted octanol–water partition coefficient (Wildman–Crippen LogP) is 12.2. The zero-order valence-corrected chi connectivity index (χ0v) is 28.1. The first-order valence-electron chi connectivity index (χ1n) is 17.0. The van der Waals surface area contributed by atoms with Gasteiger partial charge >= 0.3 is 0 Å². The van der Waals surface area contributed by atoms with E-state index in [2.05, 4.69) is 144 Å². The number of pyridine rings is 2. The van der Waals surface area contributed by atoms with E-state index in [9.17, 15) is 5.26 Å². The molecule has 4 nitrogen and oxygen atoms in total. The van der Waals surface area contributed by atoms with Crippen LogP contribution in [0.2, 0.25) is 0 Å². The number of nitrogens with zero attached hydrogens (tertiary/aromatic N) is 4. The van der Waals surface area contributed by atoms with E-state index in [1.165, 1.54) is 54.9 Å². The van der Waals surface area contributed by atoms with Crippen LogP contribution in [0.15, 0.2) is 146 Å². The standard InChI is InChI=1S/C47H30N4/c1-47(2)42-17-7-6-14-36(42)39-26-40-41(27-43(39)47)46(34-13-8-10-29(22-34)31-18-20-50-35(24-31)28-48)38-16-5-4-15-37(38)45(40)33-12-9-11-30(23-33)32-19-21-51-44(25-32)49-3/h4-27H,1-2H3. The molecule has 0 radical (unpaired) electrons. The Balaban J connectivity index is 1.38. The number of hydrogen-bond acceptors (Lipinski definition) is 3. The molecule has 1 aliphatic carbocycles. The molecule has 2 heterocycles. The zero-order valence-electron chi connectivity index (χ0n) is 28.1. The van der Waals surface area contributed by atoms with Crippen LogP contribution in [0.3, 0.4) is 0 Å². The molecule has 0 N–H and O–H groups in total. The maximum Gasteiger partial charge on any atom is 0.270 e. The van der Waals surface area contributed by atoms with E-state index in [1.54, 1.807) is 12.4 Å². The molecular weight excluding hydrogens is 621 g/mol. The van der Waals surface area contributed by atoms with Gasteiger partial charge in [-0.3, -0.25) is 0 Å². The van der Waals surface area contributed by atoms with Crippen molar-refractivity contribution in [2.75, 3.05) is 0 Å². The average Bonchev–Trinajstić information content (AvgIpc) is 3.41. The summed E-state index contributed by atoms with van der Waals surface area (Å²) in [6, 6.07) is 49.5. The molecule has 0 spiro atoms. The van der Waals surface area contributed by atoms with Gasteiger partial charge in [0, 0.05) is 11.6 Å². The third-order valence-corrected chi connectivity index (χ3v) is 10.4. The van der Waals surface area contributed by atoms with Gasteiger partial charge in [0.1, 0.15) is 18.0 Å². The summed E-state index contributed by atoms with van der Waals surface area (Å²) < 4.78 is 0. The summed E-state index contributed by atoms with van der Waals surface area (Å²) in [5, 5.41) is 14.3. The molecule has 0 saturated heterocycles. The van der Waals surface area contributed by atoms with Gasteiger partial charge in [-0.25, -0.2) is 4.98 Å². The Kier molecular flexibility index (Phi) is 6.88. The fraction of sp³-hybridized carbons (Fsp3) is 0.0638. The third-order valence-electron chi connectivity index (χ3n) is 10.4. The fourth-order valence-electron chi connectivity index (χ4n) is 8.03. The van der Waals surface area contributed by atoms with E-state index in [1.807, 2.05) is 24.3 Å². The Morgan fingerprint density at radius 3 is 1.76 bits per heavy atom. The van der Waals surface area contributed by atoms with E-state index < -0.39 is 0 Å². The molecule has 9 rings (SSSR count). The SMILES string of the molecule is [C-]#[N+]c1cc(-c2cccc(-c3c4ccccc4c(-c4cccc(-c5ccnc(C#N)c5)c4)c4cc5c(cc34)-c3ccccc3C5(C)C)c2)ccn1. The highest BCUT2D eigenvalue weighted by molar-refractivity contribution is 6.22. The molecule has 238 valence electrons. The second kappa shape index (κ2) is 11.6. The van der Waals surface area contributed by atoms with Crippen molar-refractivity contribution in [3.63, 3.8) is 0 Å². The van der Waals surface area contributed by atoms with Crippen LogP contribution in [0.4, 0.5) is 5.82 Å². The third kappa shape index (κ3) is 4.81. The van der Waals surface area contributed by atoms with Crippen molar-refractivity contribution in [3.8, 4) is 61.7 Å². The van der Waals surface area contributed by atoms with Gasteiger partial charge in [-0.05, 0) is 137 Å². The topological polar surface area (TPSA) is 53.9 Å².